The number of carbonyl (C=O) groups is 1. The zero-order valence-corrected chi connectivity index (χ0v) is 12.8. The van der Waals surface area contributed by atoms with Gasteiger partial charge in [-0.1, -0.05) is 36.8 Å². The zero-order valence-electron chi connectivity index (χ0n) is 12.8. The van der Waals surface area contributed by atoms with Crippen LogP contribution in [0.15, 0.2) is 30.3 Å². The molecule has 116 valence electrons. The fourth-order valence-electron chi connectivity index (χ4n) is 3.14. The second kappa shape index (κ2) is 8.03. The number of benzene rings is 1. The third-order valence-electron chi connectivity index (χ3n) is 4.30. The molecule has 1 heterocycles. The quantitative estimate of drug-likeness (QED) is 0.875. The number of hydrogen-bond donors (Lipinski definition) is 1. The number of ether oxygens (including phenoxy) is 1. The highest BCUT2D eigenvalue weighted by Gasteiger charge is 2.23. The lowest BCUT2D eigenvalue weighted by atomic mass is 9.90. The molecule has 2 N–H and O–H groups in total. The van der Waals surface area contributed by atoms with E-state index in [-0.39, 0.29) is 12.0 Å². The van der Waals surface area contributed by atoms with Crippen molar-refractivity contribution >= 4 is 6.09 Å². The van der Waals surface area contributed by atoms with Crippen molar-refractivity contribution < 1.29 is 9.53 Å². The maximum Gasteiger partial charge on any atom is 0.404 e. The molecule has 0 spiro atoms. The molecular weight excluding hydrogens is 264 g/mol. The van der Waals surface area contributed by atoms with E-state index in [1.807, 2.05) is 25.1 Å². The fourth-order valence-corrected chi connectivity index (χ4v) is 3.14. The van der Waals surface area contributed by atoms with Crippen molar-refractivity contribution in [2.45, 2.75) is 44.6 Å². The molecule has 2 rings (SSSR count). The van der Waals surface area contributed by atoms with Crippen LogP contribution >= 0.6 is 0 Å². The molecule has 1 aromatic rings. The number of rotatable bonds is 6. The van der Waals surface area contributed by atoms with Crippen molar-refractivity contribution in [2.75, 3.05) is 19.6 Å². The largest absolute Gasteiger partial charge is 0.446 e. The second-order valence-electron chi connectivity index (χ2n) is 5.85. The first-order chi connectivity index (χ1) is 10.2. The van der Waals surface area contributed by atoms with Gasteiger partial charge in [0.15, 0.2) is 0 Å². The molecule has 1 aliphatic rings. The maximum absolute atomic E-state index is 11.0. The summed E-state index contributed by atoms with van der Waals surface area (Å²) in [5.74, 6) is 0.195. The van der Waals surface area contributed by atoms with E-state index >= 15 is 0 Å². The Hall–Kier alpha value is -1.55. The molecule has 0 radical (unpaired) electrons. The molecule has 0 bridgehead atoms. The molecule has 1 aromatic carbocycles. The topological polar surface area (TPSA) is 55.6 Å². The SMILES string of the molecule is CC(OC(N)=O)C(CCN1CCCCC1)c1ccccc1. The van der Waals surface area contributed by atoms with E-state index in [1.165, 1.54) is 37.9 Å². The molecule has 4 nitrogen and oxygen atoms in total. The summed E-state index contributed by atoms with van der Waals surface area (Å²) < 4.78 is 5.23. The average molecular weight is 290 g/mol. The van der Waals surface area contributed by atoms with Gasteiger partial charge in [0.1, 0.15) is 6.10 Å². The lowest BCUT2D eigenvalue weighted by molar-refractivity contribution is 0.0932. The zero-order chi connectivity index (χ0) is 15.1. The van der Waals surface area contributed by atoms with Gasteiger partial charge in [0.25, 0.3) is 0 Å². The Morgan fingerprint density at radius 3 is 2.52 bits per heavy atom. The number of piperidine rings is 1. The maximum atomic E-state index is 11.0. The third kappa shape index (κ3) is 5.05. The Bertz CT molecular complexity index is 430. The molecule has 1 saturated heterocycles. The fraction of sp³-hybridized carbons (Fsp3) is 0.588. The van der Waals surface area contributed by atoms with Crippen molar-refractivity contribution in [1.82, 2.24) is 4.90 Å². The number of amides is 1. The summed E-state index contributed by atoms with van der Waals surface area (Å²) in [4.78, 5) is 13.6. The van der Waals surface area contributed by atoms with Crippen LogP contribution in [-0.4, -0.2) is 36.7 Å². The number of nitrogens with zero attached hydrogens (tertiary/aromatic N) is 1. The summed E-state index contributed by atoms with van der Waals surface area (Å²) in [7, 11) is 0. The molecular formula is C17H26N2O2. The molecule has 0 aliphatic carbocycles. The Morgan fingerprint density at radius 1 is 1.24 bits per heavy atom. The van der Waals surface area contributed by atoms with E-state index in [4.69, 9.17) is 10.5 Å². The number of nitrogens with two attached hydrogens (primary N) is 1. The molecule has 21 heavy (non-hydrogen) atoms. The summed E-state index contributed by atoms with van der Waals surface area (Å²) in [5.41, 5.74) is 6.39. The van der Waals surface area contributed by atoms with Crippen LogP contribution in [0.1, 0.15) is 44.1 Å². The normalized spacial score (nSPS) is 18.9. The van der Waals surface area contributed by atoms with Crippen molar-refractivity contribution in [3.8, 4) is 0 Å². The van der Waals surface area contributed by atoms with Gasteiger partial charge in [0, 0.05) is 5.92 Å². The first-order valence-electron chi connectivity index (χ1n) is 7.90. The number of carbonyl (C=O) groups excluding carboxylic acids is 1. The van der Waals surface area contributed by atoms with E-state index in [0.29, 0.717) is 0 Å². The molecule has 0 saturated carbocycles. The Kier molecular flexibility index (Phi) is 6.05. The minimum Gasteiger partial charge on any atom is -0.446 e. The van der Waals surface area contributed by atoms with E-state index in [9.17, 15) is 4.79 Å². The van der Waals surface area contributed by atoms with Crippen LogP contribution in [0.2, 0.25) is 0 Å². The van der Waals surface area contributed by atoms with E-state index < -0.39 is 6.09 Å². The van der Waals surface area contributed by atoms with Crippen LogP contribution in [0.25, 0.3) is 0 Å². The van der Waals surface area contributed by atoms with Crippen molar-refractivity contribution in [1.29, 1.82) is 0 Å². The molecule has 1 aliphatic heterocycles. The van der Waals surface area contributed by atoms with E-state index in [0.717, 1.165) is 13.0 Å². The Morgan fingerprint density at radius 2 is 1.90 bits per heavy atom. The Balaban J connectivity index is 1.99. The highest BCUT2D eigenvalue weighted by Crippen LogP contribution is 2.26. The van der Waals surface area contributed by atoms with Crippen molar-refractivity contribution in [2.24, 2.45) is 5.73 Å². The predicted octanol–water partition coefficient (Wildman–Crippen LogP) is 3.13. The molecule has 1 fully saturated rings. The summed E-state index contributed by atoms with van der Waals surface area (Å²) in [5, 5.41) is 0. The van der Waals surface area contributed by atoms with Gasteiger partial charge in [-0.05, 0) is 51.4 Å². The van der Waals surface area contributed by atoms with Crippen LogP contribution in [0, 0.1) is 0 Å². The van der Waals surface area contributed by atoms with Gasteiger partial charge in [-0.15, -0.1) is 0 Å². The number of likely N-dealkylation sites (tertiary alicyclic amines) is 1. The monoisotopic (exact) mass is 290 g/mol. The minimum atomic E-state index is -0.693. The molecule has 0 aromatic heterocycles. The van der Waals surface area contributed by atoms with E-state index in [1.54, 1.807) is 0 Å². The number of primary amides is 1. The average Bonchev–Trinajstić information content (AvgIpc) is 2.49. The van der Waals surface area contributed by atoms with Crippen LogP contribution < -0.4 is 5.73 Å². The second-order valence-corrected chi connectivity index (χ2v) is 5.85. The van der Waals surface area contributed by atoms with Gasteiger partial charge in [-0.3, -0.25) is 0 Å². The predicted molar refractivity (Wildman–Crippen MR) is 84.2 cm³/mol. The minimum absolute atomic E-state index is 0.195. The smallest absolute Gasteiger partial charge is 0.404 e. The number of hydrogen-bond acceptors (Lipinski definition) is 3. The van der Waals surface area contributed by atoms with Crippen molar-refractivity contribution in [3.63, 3.8) is 0 Å². The van der Waals surface area contributed by atoms with Crippen LogP contribution in [0.5, 0.6) is 0 Å². The first-order valence-corrected chi connectivity index (χ1v) is 7.90. The summed E-state index contributed by atoms with van der Waals surface area (Å²) in [6, 6.07) is 10.3. The van der Waals surface area contributed by atoms with Gasteiger partial charge < -0.3 is 15.4 Å². The third-order valence-corrected chi connectivity index (χ3v) is 4.30. The first kappa shape index (κ1) is 15.8. The van der Waals surface area contributed by atoms with Crippen LogP contribution in [-0.2, 0) is 4.74 Å². The van der Waals surface area contributed by atoms with Gasteiger partial charge in [0.2, 0.25) is 0 Å². The molecule has 1 amide bonds. The van der Waals surface area contributed by atoms with Gasteiger partial charge in [0.05, 0.1) is 0 Å². The van der Waals surface area contributed by atoms with Gasteiger partial charge in [-0.2, -0.15) is 0 Å². The standard InChI is InChI=1S/C17H26N2O2/c1-14(21-17(18)20)16(15-8-4-2-5-9-15)10-13-19-11-6-3-7-12-19/h2,4-5,8-9,14,16H,3,6-7,10-13H2,1H3,(H2,18,20). The summed E-state index contributed by atoms with van der Waals surface area (Å²) >= 11 is 0. The van der Waals surface area contributed by atoms with Crippen LogP contribution in [0.4, 0.5) is 4.79 Å². The highest BCUT2D eigenvalue weighted by molar-refractivity contribution is 5.64. The highest BCUT2D eigenvalue weighted by atomic mass is 16.6. The molecule has 4 heteroatoms. The van der Waals surface area contributed by atoms with Gasteiger partial charge in [-0.25, -0.2) is 4.79 Å². The lowest BCUT2D eigenvalue weighted by Gasteiger charge is -2.30. The Labute approximate surface area is 127 Å². The summed E-state index contributed by atoms with van der Waals surface area (Å²) in [6.45, 7) is 5.35. The van der Waals surface area contributed by atoms with E-state index in [2.05, 4.69) is 17.0 Å². The van der Waals surface area contributed by atoms with Gasteiger partial charge >= 0.3 is 6.09 Å². The molecule has 2 atom stereocenters. The molecule has 2 unspecified atom stereocenters. The van der Waals surface area contributed by atoms with Crippen molar-refractivity contribution in [3.05, 3.63) is 35.9 Å². The summed E-state index contributed by atoms with van der Waals surface area (Å²) in [6.07, 6.45) is 4.03. The lowest BCUT2D eigenvalue weighted by Crippen LogP contribution is -2.33. The van der Waals surface area contributed by atoms with Crippen LogP contribution in [0.3, 0.4) is 0 Å².